The number of ether oxygens (including phenoxy) is 3. The first-order chi connectivity index (χ1) is 19.3. The summed E-state index contributed by atoms with van der Waals surface area (Å²) in [5.41, 5.74) is 2.70. The third-order valence-corrected chi connectivity index (χ3v) is 6.83. The van der Waals surface area contributed by atoms with Gasteiger partial charge in [0.2, 0.25) is 0 Å². The average molecular weight is 638 g/mol. The first-order valence-electron chi connectivity index (χ1n) is 12.0. The number of nitrogens with zero attached hydrogens (tertiary/aromatic N) is 1. The number of anilines is 1. The van der Waals surface area contributed by atoms with Crippen molar-refractivity contribution in [3.8, 4) is 23.3 Å². The Morgan fingerprint density at radius 2 is 1.65 bits per heavy atom. The van der Waals surface area contributed by atoms with Crippen LogP contribution in [0.3, 0.4) is 0 Å². The molecule has 0 aliphatic heterocycles. The lowest BCUT2D eigenvalue weighted by atomic mass is 10.1. The predicted molar refractivity (Wildman–Crippen MR) is 161 cm³/mol. The van der Waals surface area contributed by atoms with Gasteiger partial charge in [0.1, 0.15) is 42.1 Å². The lowest BCUT2D eigenvalue weighted by molar-refractivity contribution is -0.112. The largest absolute Gasteiger partial charge is 0.497 e. The minimum absolute atomic E-state index is 0.102. The molecule has 0 bridgehead atoms. The SMILES string of the molecule is COc1ccc(/C=C(\C#N)C(=O)Nc2ccc(OCc3ccc(Br)cc3)cc2)c(OCc2ccc(Cl)cc2Cl)c1. The monoisotopic (exact) mass is 636 g/mol. The molecule has 202 valence electrons. The molecule has 4 aromatic carbocycles. The van der Waals surface area contributed by atoms with Crippen molar-refractivity contribution in [2.75, 3.05) is 12.4 Å². The number of hydrogen-bond acceptors (Lipinski definition) is 5. The molecule has 1 N–H and O–H groups in total. The molecule has 4 aromatic rings. The molecule has 0 spiro atoms. The highest BCUT2D eigenvalue weighted by Crippen LogP contribution is 2.29. The summed E-state index contributed by atoms with van der Waals surface area (Å²) in [5.74, 6) is 1.06. The number of nitriles is 1. The van der Waals surface area contributed by atoms with Gasteiger partial charge in [-0.05, 0) is 72.3 Å². The van der Waals surface area contributed by atoms with E-state index in [9.17, 15) is 10.1 Å². The van der Waals surface area contributed by atoms with Gasteiger partial charge in [-0.2, -0.15) is 5.26 Å². The molecule has 0 aliphatic rings. The molecule has 0 saturated carbocycles. The van der Waals surface area contributed by atoms with E-state index >= 15 is 0 Å². The van der Waals surface area contributed by atoms with Crippen molar-refractivity contribution in [1.29, 1.82) is 5.26 Å². The van der Waals surface area contributed by atoms with E-state index in [0.717, 1.165) is 15.6 Å². The van der Waals surface area contributed by atoms with Crippen LogP contribution in [0.1, 0.15) is 16.7 Å². The van der Waals surface area contributed by atoms with Gasteiger partial charge in [0.25, 0.3) is 5.91 Å². The highest BCUT2D eigenvalue weighted by atomic mass is 79.9. The summed E-state index contributed by atoms with van der Waals surface area (Å²) in [4.78, 5) is 12.9. The minimum Gasteiger partial charge on any atom is -0.497 e. The van der Waals surface area contributed by atoms with Gasteiger partial charge in [-0.1, -0.05) is 57.3 Å². The van der Waals surface area contributed by atoms with Gasteiger partial charge in [0, 0.05) is 37.4 Å². The molecule has 0 atom stereocenters. The van der Waals surface area contributed by atoms with Crippen molar-refractivity contribution in [2.24, 2.45) is 0 Å². The van der Waals surface area contributed by atoms with Gasteiger partial charge in [-0.25, -0.2) is 0 Å². The van der Waals surface area contributed by atoms with Crippen LogP contribution in [0.4, 0.5) is 5.69 Å². The number of carbonyl (C=O) groups excluding carboxylic acids is 1. The summed E-state index contributed by atoms with van der Waals surface area (Å²) >= 11 is 15.7. The number of methoxy groups -OCH3 is 1. The highest BCUT2D eigenvalue weighted by molar-refractivity contribution is 9.10. The second-order valence-corrected chi connectivity index (χ2v) is 10.3. The van der Waals surface area contributed by atoms with E-state index in [4.69, 9.17) is 37.4 Å². The number of benzene rings is 4. The van der Waals surface area contributed by atoms with E-state index in [0.29, 0.717) is 45.2 Å². The maximum atomic E-state index is 12.9. The van der Waals surface area contributed by atoms with Gasteiger partial charge in [0.05, 0.1) is 7.11 Å². The normalized spacial score (nSPS) is 10.9. The molecule has 4 rings (SSSR count). The number of carbonyl (C=O) groups is 1. The molecule has 0 saturated heterocycles. The molecule has 0 aliphatic carbocycles. The molecular weight excluding hydrogens is 615 g/mol. The van der Waals surface area contributed by atoms with E-state index in [1.807, 2.05) is 30.3 Å². The van der Waals surface area contributed by atoms with Crippen LogP contribution in [0.2, 0.25) is 10.0 Å². The zero-order valence-electron chi connectivity index (χ0n) is 21.3. The molecule has 0 fully saturated rings. The zero-order valence-corrected chi connectivity index (χ0v) is 24.4. The fourth-order valence-electron chi connectivity index (χ4n) is 3.56. The maximum absolute atomic E-state index is 12.9. The summed E-state index contributed by atoms with van der Waals surface area (Å²) in [5, 5.41) is 13.5. The van der Waals surface area contributed by atoms with Gasteiger partial charge >= 0.3 is 0 Å². The van der Waals surface area contributed by atoms with E-state index in [2.05, 4.69) is 21.2 Å². The second-order valence-electron chi connectivity index (χ2n) is 8.49. The topological polar surface area (TPSA) is 80.6 Å². The summed E-state index contributed by atoms with van der Waals surface area (Å²) in [7, 11) is 1.54. The quantitative estimate of drug-likeness (QED) is 0.139. The van der Waals surface area contributed by atoms with Crippen LogP contribution in [0, 0.1) is 11.3 Å². The van der Waals surface area contributed by atoms with Crippen LogP contribution in [0.25, 0.3) is 6.08 Å². The Morgan fingerprint density at radius 1 is 0.925 bits per heavy atom. The van der Waals surface area contributed by atoms with Crippen molar-refractivity contribution in [3.05, 3.63) is 122 Å². The Bertz CT molecular complexity index is 1570. The van der Waals surface area contributed by atoms with Gasteiger partial charge < -0.3 is 19.5 Å². The van der Waals surface area contributed by atoms with Crippen molar-refractivity contribution in [3.63, 3.8) is 0 Å². The third-order valence-electron chi connectivity index (χ3n) is 5.71. The summed E-state index contributed by atoms with van der Waals surface area (Å²) in [6.45, 7) is 0.561. The van der Waals surface area contributed by atoms with E-state index in [1.54, 1.807) is 60.7 Å². The lowest BCUT2D eigenvalue weighted by Gasteiger charge is -2.13. The molecule has 6 nitrogen and oxygen atoms in total. The Labute approximate surface area is 250 Å². The number of amides is 1. The van der Waals surface area contributed by atoms with Crippen molar-refractivity contribution in [2.45, 2.75) is 13.2 Å². The Kier molecular flexibility index (Phi) is 10.1. The molecule has 1 amide bonds. The number of nitrogens with one attached hydrogen (secondary N) is 1. The standard InChI is InChI=1S/C31H23BrCl2N2O4/c1-38-28-11-5-21(30(16-28)40-19-22-4-8-25(33)15-29(22)34)14-23(17-35)31(37)36-26-9-12-27(13-10-26)39-18-20-2-6-24(32)7-3-20/h2-16H,18-19H2,1H3,(H,36,37)/b23-14+. The van der Waals surface area contributed by atoms with Crippen LogP contribution in [-0.2, 0) is 18.0 Å². The first-order valence-corrected chi connectivity index (χ1v) is 13.5. The Morgan fingerprint density at radius 3 is 2.33 bits per heavy atom. The van der Waals surface area contributed by atoms with Crippen LogP contribution in [-0.4, -0.2) is 13.0 Å². The molecule has 0 radical (unpaired) electrons. The van der Waals surface area contributed by atoms with E-state index in [1.165, 1.54) is 13.2 Å². The fourth-order valence-corrected chi connectivity index (χ4v) is 4.29. The van der Waals surface area contributed by atoms with Crippen LogP contribution < -0.4 is 19.5 Å². The summed E-state index contributed by atoms with van der Waals surface area (Å²) in [6.07, 6.45) is 1.46. The molecular formula is C31H23BrCl2N2O4. The van der Waals surface area contributed by atoms with Crippen molar-refractivity contribution >= 4 is 56.8 Å². The minimum atomic E-state index is -0.562. The van der Waals surface area contributed by atoms with E-state index < -0.39 is 5.91 Å². The summed E-state index contributed by atoms with van der Waals surface area (Å²) in [6, 6.07) is 27.0. The number of rotatable bonds is 10. The van der Waals surface area contributed by atoms with Crippen LogP contribution in [0.5, 0.6) is 17.2 Å². The second kappa shape index (κ2) is 13.9. The molecule has 40 heavy (non-hydrogen) atoms. The average Bonchev–Trinajstić information content (AvgIpc) is 2.96. The molecule has 0 heterocycles. The van der Waals surface area contributed by atoms with Crippen molar-refractivity contribution < 1.29 is 19.0 Å². The zero-order chi connectivity index (χ0) is 28.5. The molecule has 0 unspecified atom stereocenters. The summed E-state index contributed by atoms with van der Waals surface area (Å²) < 4.78 is 18.1. The number of hydrogen-bond donors (Lipinski definition) is 1. The van der Waals surface area contributed by atoms with Gasteiger partial charge in [-0.15, -0.1) is 0 Å². The van der Waals surface area contributed by atoms with Gasteiger partial charge in [0.15, 0.2) is 0 Å². The smallest absolute Gasteiger partial charge is 0.266 e. The van der Waals surface area contributed by atoms with Crippen LogP contribution >= 0.6 is 39.1 Å². The predicted octanol–water partition coefficient (Wildman–Crippen LogP) is 8.47. The first kappa shape index (κ1) is 29.0. The maximum Gasteiger partial charge on any atom is 0.266 e. The molecule has 0 aromatic heterocycles. The Balaban J connectivity index is 1.45. The number of halogens is 3. The van der Waals surface area contributed by atoms with Crippen LogP contribution in [0.15, 0.2) is 95.0 Å². The lowest BCUT2D eigenvalue weighted by Crippen LogP contribution is -2.13. The van der Waals surface area contributed by atoms with Gasteiger partial charge in [-0.3, -0.25) is 4.79 Å². The van der Waals surface area contributed by atoms with Crippen molar-refractivity contribution in [1.82, 2.24) is 0 Å². The Hall–Kier alpha value is -3.96. The van der Waals surface area contributed by atoms with E-state index in [-0.39, 0.29) is 12.2 Å². The third kappa shape index (κ3) is 8.03. The molecule has 9 heteroatoms. The fraction of sp³-hybridized carbons (Fsp3) is 0.0968. The highest BCUT2D eigenvalue weighted by Gasteiger charge is 2.13.